The summed E-state index contributed by atoms with van der Waals surface area (Å²) in [4.78, 5) is 10.8. The Labute approximate surface area is 68.6 Å². The Kier molecular flexibility index (Phi) is 2.40. The van der Waals surface area contributed by atoms with Crippen LogP contribution in [0, 0.1) is 5.82 Å². The van der Waals surface area contributed by atoms with Crippen molar-refractivity contribution in [2.24, 2.45) is 0 Å². The number of carbonyl (C=O) groups excluding carboxylic acids is 1. The van der Waals surface area contributed by atoms with E-state index >= 15 is 0 Å². The summed E-state index contributed by atoms with van der Waals surface area (Å²) in [5.41, 5.74) is 5.54. The summed E-state index contributed by atoms with van der Waals surface area (Å²) < 4.78 is 12.6. The lowest BCUT2D eigenvalue weighted by Crippen LogP contribution is -2.05. The molecule has 1 rings (SSSR count). The number of hydrogen-bond acceptors (Lipinski definition) is 3. The van der Waals surface area contributed by atoms with Gasteiger partial charge in [0.1, 0.15) is 12.4 Å². The largest absolute Gasteiger partial charge is 0.399 e. The van der Waals surface area contributed by atoms with Crippen LogP contribution in [0.2, 0.25) is 0 Å². The van der Waals surface area contributed by atoms with E-state index in [9.17, 15) is 9.18 Å². The van der Waals surface area contributed by atoms with Crippen molar-refractivity contribution in [3.8, 4) is 0 Å². The van der Waals surface area contributed by atoms with E-state index in [1.165, 1.54) is 6.07 Å². The third-order valence-corrected chi connectivity index (χ3v) is 1.39. The van der Waals surface area contributed by atoms with Gasteiger partial charge >= 0.3 is 0 Å². The molecule has 0 saturated carbocycles. The van der Waals surface area contributed by atoms with Crippen LogP contribution in [0.1, 0.15) is 10.4 Å². The molecule has 0 aliphatic carbocycles. The van der Waals surface area contributed by atoms with Crippen LogP contribution in [0.25, 0.3) is 0 Å². The van der Waals surface area contributed by atoms with Crippen LogP contribution in [0.15, 0.2) is 18.2 Å². The van der Waals surface area contributed by atoms with Crippen LogP contribution < -0.4 is 5.73 Å². The van der Waals surface area contributed by atoms with E-state index in [1.54, 1.807) is 0 Å². The number of anilines is 1. The van der Waals surface area contributed by atoms with Crippen molar-refractivity contribution < 1.29 is 14.3 Å². The van der Waals surface area contributed by atoms with E-state index in [4.69, 9.17) is 10.8 Å². The first-order chi connectivity index (χ1) is 5.63. The first-order valence-electron chi connectivity index (χ1n) is 3.33. The minimum absolute atomic E-state index is 0.0926. The summed E-state index contributed by atoms with van der Waals surface area (Å²) in [5.74, 6) is -1.12. The molecule has 3 N–H and O–H groups in total. The lowest BCUT2D eigenvalue weighted by Gasteiger charge is -1.99. The van der Waals surface area contributed by atoms with E-state index in [2.05, 4.69) is 0 Å². The highest BCUT2D eigenvalue weighted by molar-refractivity contribution is 5.97. The van der Waals surface area contributed by atoms with Crippen molar-refractivity contribution in [3.05, 3.63) is 29.6 Å². The second-order valence-corrected chi connectivity index (χ2v) is 2.35. The molecule has 0 atom stereocenters. The number of aliphatic hydroxyl groups is 1. The molecule has 0 heterocycles. The molecule has 12 heavy (non-hydrogen) atoms. The molecule has 1 aromatic rings. The number of aliphatic hydroxyl groups excluding tert-OH is 1. The maximum absolute atomic E-state index is 12.6. The molecule has 0 aliphatic heterocycles. The molecule has 0 aliphatic rings. The van der Waals surface area contributed by atoms with Gasteiger partial charge in [-0.15, -0.1) is 0 Å². The number of hydrogen-bond donors (Lipinski definition) is 2. The molecule has 4 heteroatoms. The van der Waals surface area contributed by atoms with Gasteiger partial charge in [0, 0.05) is 11.3 Å². The maximum Gasteiger partial charge on any atom is 0.188 e. The van der Waals surface area contributed by atoms with Crippen molar-refractivity contribution in [1.82, 2.24) is 0 Å². The maximum atomic E-state index is 12.6. The average molecular weight is 169 g/mol. The van der Waals surface area contributed by atoms with Crippen molar-refractivity contribution in [3.63, 3.8) is 0 Å². The number of Topliss-reactive ketones (excluding diaryl/α,β-unsaturated/α-hetero) is 1. The number of ketones is 1. The van der Waals surface area contributed by atoms with Gasteiger partial charge in [0.05, 0.1) is 0 Å². The lowest BCUT2D eigenvalue weighted by molar-refractivity contribution is 0.0903. The minimum atomic E-state index is -0.636. The van der Waals surface area contributed by atoms with Gasteiger partial charge in [-0.2, -0.15) is 0 Å². The molecule has 0 amide bonds. The summed E-state index contributed by atoms with van der Waals surface area (Å²) in [6.07, 6.45) is 0. The van der Waals surface area contributed by atoms with E-state index in [0.29, 0.717) is 0 Å². The first kappa shape index (κ1) is 8.67. The van der Waals surface area contributed by atoms with Gasteiger partial charge in [-0.3, -0.25) is 4.79 Å². The van der Waals surface area contributed by atoms with Crippen molar-refractivity contribution in [2.45, 2.75) is 0 Å². The zero-order valence-corrected chi connectivity index (χ0v) is 6.25. The fraction of sp³-hybridized carbons (Fsp3) is 0.125. The summed E-state index contributed by atoms with van der Waals surface area (Å²) in [6, 6.07) is 3.46. The van der Waals surface area contributed by atoms with Crippen molar-refractivity contribution in [1.29, 1.82) is 0 Å². The molecule has 0 saturated heterocycles. The minimum Gasteiger partial charge on any atom is -0.399 e. The fourth-order valence-electron chi connectivity index (χ4n) is 0.865. The van der Waals surface area contributed by atoms with Crippen LogP contribution in [-0.4, -0.2) is 17.5 Å². The Morgan fingerprint density at radius 1 is 1.50 bits per heavy atom. The van der Waals surface area contributed by atoms with Crippen molar-refractivity contribution in [2.75, 3.05) is 12.3 Å². The Bertz CT molecular complexity index is 292. The zero-order valence-electron chi connectivity index (χ0n) is 6.25. The van der Waals surface area contributed by atoms with Crippen LogP contribution in [0.4, 0.5) is 10.1 Å². The van der Waals surface area contributed by atoms with Gasteiger partial charge in [-0.05, 0) is 18.2 Å². The van der Waals surface area contributed by atoms with E-state index in [0.717, 1.165) is 12.1 Å². The predicted molar refractivity (Wildman–Crippen MR) is 42.2 cm³/mol. The number of carbonyl (C=O) groups is 1. The Hall–Kier alpha value is -1.42. The molecule has 0 radical (unpaired) electrons. The van der Waals surface area contributed by atoms with Gasteiger partial charge in [-0.25, -0.2) is 4.39 Å². The number of benzene rings is 1. The molecule has 0 fully saturated rings. The quantitative estimate of drug-likeness (QED) is 0.503. The standard InChI is InChI=1S/C8H8FNO2/c9-6-1-5(8(12)4-11)2-7(10)3-6/h1-3,11H,4,10H2. The third-order valence-electron chi connectivity index (χ3n) is 1.39. The monoisotopic (exact) mass is 169 g/mol. The van der Waals surface area contributed by atoms with Gasteiger partial charge in [0.25, 0.3) is 0 Å². The number of nitrogen functional groups attached to an aromatic ring is 1. The number of nitrogens with two attached hydrogens (primary N) is 1. The molecule has 0 unspecified atom stereocenters. The van der Waals surface area contributed by atoms with Gasteiger partial charge < -0.3 is 10.8 Å². The molecule has 3 nitrogen and oxygen atoms in total. The van der Waals surface area contributed by atoms with Gasteiger partial charge in [0.2, 0.25) is 0 Å². The van der Waals surface area contributed by atoms with Crippen molar-refractivity contribution >= 4 is 11.5 Å². The molecular formula is C8H8FNO2. The second kappa shape index (κ2) is 3.32. The number of rotatable bonds is 2. The van der Waals surface area contributed by atoms with Gasteiger partial charge in [0.15, 0.2) is 5.78 Å². The summed E-state index contributed by atoms with van der Waals surface area (Å²) in [6.45, 7) is -0.636. The average Bonchev–Trinajstić information content (AvgIpc) is 2.01. The van der Waals surface area contributed by atoms with E-state index in [1.807, 2.05) is 0 Å². The highest BCUT2D eigenvalue weighted by Gasteiger charge is 2.05. The highest BCUT2D eigenvalue weighted by Crippen LogP contribution is 2.10. The smallest absolute Gasteiger partial charge is 0.188 e. The molecule has 64 valence electrons. The second-order valence-electron chi connectivity index (χ2n) is 2.35. The zero-order chi connectivity index (χ0) is 9.14. The highest BCUT2D eigenvalue weighted by atomic mass is 19.1. The number of halogens is 1. The molecular weight excluding hydrogens is 161 g/mol. The molecule has 1 aromatic carbocycles. The molecule has 0 aromatic heterocycles. The fourth-order valence-corrected chi connectivity index (χ4v) is 0.865. The van der Waals surface area contributed by atoms with E-state index < -0.39 is 18.2 Å². The van der Waals surface area contributed by atoms with Gasteiger partial charge in [-0.1, -0.05) is 0 Å². The van der Waals surface area contributed by atoms with Crippen LogP contribution in [0.5, 0.6) is 0 Å². The van der Waals surface area contributed by atoms with Crippen LogP contribution >= 0.6 is 0 Å². The Morgan fingerprint density at radius 2 is 2.17 bits per heavy atom. The van der Waals surface area contributed by atoms with Crippen LogP contribution in [-0.2, 0) is 0 Å². The lowest BCUT2D eigenvalue weighted by atomic mass is 10.1. The summed E-state index contributed by atoms with van der Waals surface area (Å²) in [7, 11) is 0. The molecule has 0 spiro atoms. The summed E-state index contributed by atoms with van der Waals surface area (Å²) >= 11 is 0. The Balaban J connectivity index is 3.08. The first-order valence-corrected chi connectivity index (χ1v) is 3.33. The predicted octanol–water partition coefficient (Wildman–Crippen LogP) is 0.583. The SMILES string of the molecule is Nc1cc(F)cc(C(=O)CO)c1. The van der Waals surface area contributed by atoms with Crippen LogP contribution in [0.3, 0.4) is 0 Å². The topological polar surface area (TPSA) is 63.3 Å². The summed E-state index contributed by atoms with van der Waals surface area (Å²) in [5, 5.41) is 8.46. The third kappa shape index (κ3) is 1.79. The Morgan fingerprint density at radius 3 is 2.67 bits per heavy atom. The molecule has 0 bridgehead atoms. The van der Waals surface area contributed by atoms with E-state index in [-0.39, 0.29) is 11.3 Å². The normalized spacial score (nSPS) is 9.83.